The highest BCUT2D eigenvalue weighted by Crippen LogP contribution is 2.34. The molecule has 0 amide bonds. The standard InChI is InChI=1S/C16H16N2O2/c19-16(20)15-14(13-5-2-8-18(13)17-15)12-7-6-10-3-1-4-11(10)9-12/h6-7,9H,1-5,8H2,(H,19,20). The lowest BCUT2D eigenvalue weighted by Crippen LogP contribution is -2.02. The quantitative estimate of drug-likeness (QED) is 0.911. The van der Waals surface area contributed by atoms with Crippen LogP contribution in [0.4, 0.5) is 0 Å². The van der Waals surface area contributed by atoms with Gasteiger partial charge in [0.25, 0.3) is 0 Å². The van der Waals surface area contributed by atoms with Crippen molar-refractivity contribution in [2.24, 2.45) is 0 Å². The van der Waals surface area contributed by atoms with E-state index in [0.29, 0.717) is 0 Å². The fraction of sp³-hybridized carbons (Fsp3) is 0.375. The van der Waals surface area contributed by atoms with Crippen LogP contribution in [0.3, 0.4) is 0 Å². The molecule has 2 heterocycles. The molecule has 0 bridgehead atoms. The summed E-state index contributed by atoms with van der Waals surface area (Å²) in [6.45, 7) is 0.834. The van der Waals surface area contributed by atoms with Crippen molar-refractivity contribution in [1.29, 1.82) is 0 Å². The lowest BCUT2D eigenvalue weighted by atomic mass is 9.98. The summed E-state index contributed by atoms with van der Waals surface area (Å²) >= 11 is 0. The number of aromatic nitrogens is 2. The molecule has 0 saturated heterocycles. The van der Waals surface area contributed by atoms with Gasteiger partial charge in [0.2, 0.25) is 0 Å². The van der Waals surface area contributed by atoms with Crippen molar-refractivity contribution >= 4 is 5.97 Å². The topological polar surface area (TPSA) is 55.1 Å². The molecule has 1 N–H and O–H groups in total. The van der Waals surface area contributed by atoms with E-state index < -0.39 is 5.97 Å². The van der Waals surface area contributed by atoms with Gasteiger partial charge in [-0.2, -0.15) is 5.10 Å². The molecule has 1 aromatic carbocycles. The molecule has 102 valence electrons. The molecule has 0 saturated carbocycles. The number of aromatic carboxylic acids is 1. The van der Waals surface area contributed by atoms with E-state index in [1.165, 1.54) is 17.5 Å². The first kappa shape index (κ1) is 11.7. The van der Waals surface area contributed by atoms with E-state index in [1.807, 2.05) is 4.68 Å². The summed E-state index contributed by atoms with van der Waals surface area (Å²) in [4.78, 5) is 11.5. The highest BCUT2D eigenvalue weighted by atomic mass is 16.4. The lowest BCUT2D eigenvalue weighted by molar-refractivity contribution is 0.0690. The maximum absolute atomic E-state index is 11.5. The molecule has 1 aliphatic heterocycles. The Morgan fingerprint density at radius 2 is 2.00 bits per heavy atom. The predicted octanol–water partition coefficient (Wildman–Crippen LogP) is 2.68. The van der Waals surface area contributed by atoms with Crippen LogP contribution in [0.15, 0.2) is 18.2 Å². The Hall–Kier alpha value is -2.10. The number of fused-ring (bicyclic) bond motifs is 2. The van der Waals surface area contributed by atoms with E-state index in [9.17, 15) is 9.90 Å². The van der Waals surface area contributed by atoms with Crippen molar-refractivity contribution in [3.8, 4) is 11.1 Å². The zero-order valence-electron chi connectivity index (χ0n) is 11.2. The Kier molecular flexibility index (Phi) is 2.46. The fourth-order valence-electron chi connectivity index (χ4n) is 3.51. The summed E-state index contributed by atoms with van der Waals surface area (Å²) in [5.41, 5.74) is 5.93. The van der Waals surface area contributed by atoms with Crippen LogP contribution < -0.4 is 0 Å². The molecule has 1 aromatic heterocycles. The number of carboxylic acid groups (broad SMARTS) is 1. The summed E-state index contributed by atoms with van der Waals surface area (Å²) in [6, 6.07) is 6.39. The Morgan fingerprint density at radius 3 is 2.85 bits per heavy atom. The second-order valence-corrected chi connectivity index (χ2v) is 5.64. The van der Waals surface area contributed by atoms with Crippen molar-refractivity contribution in [3.05, 3.63) is 40.7 Å². The number of rotatable bonds is 2. The van der Waals surface area contributed by atoms with Crippen LogP contribution in [-0.4, -0.2) is 20.9 Å². The SMILES string of the molecule is O=C(O)c1nn2c(c1-c1ccc3c(c1)CCC3)CCC2. The molecule has 0 unspecified atom stereocenters. The maximum atomic E-state index is 11.5. The van der Waals surface area contributed by atoms with Crippen LogP contribution in [0.2, 0.25) is 0 Å². The van der Waals surface area contributed by atoms with Gasteiger partial charge < -0.3 is 5.11 Å². The van der Waals surface area contributed by atoms with Gasteiger partial charge in [0.15, 0.2) is 5.69 Å². The second-order valence-electron chi connectivity index (χ2n) is 5.64. The number of hydrogen-bond acceptors (Lipinski definition) is 2. The Balaban J connectivity index is 1.91. The van der Waals surface area contributed by atoms with Gasteiger partial charge in [-0.25, -0.2) is 4.79 Å². The van der Waals surface area contributed by atoms with E-state index >= 15 is 0 Å². The van der Waals surface area contributed by atoms with Crippen LogP contribution in [-0.2, 0) is 25.8 Å². The maximum Gasteiger partial charge on any atom is 0.357 e. The number of nitrogens with zero attached hydrogens (tertiary/aromatic N) is 2. The second kappa shape index (κ2) is 4.20. The minimum Gasteiger partial charge on any atom is -0.476 e. The molecule has 0 fully saturated rings. The summed E-state index contributed by atoms with van der Waals surface area (Å²) in [5, 5.41) is 13.7. The van der Waals surface area contributed by atoms with E-state index in [4.69, 9.17) is 0 Å². The molecular weight excluding hydrogens is 252 g/mol. The Bertz CT molecular complexity index is 716. The first-order valence-corrected chi connectivity index (χ1v) is 7.19. The highest BCUT2D eigenvalue weighted by molar-refractivity contribution is 5.95. The van der Waals surface area contributed by atoms with Crippen molar-refractivity contribution in [3.63, 3.8) is 0 Å². The smallest absolute Gasteiger partial charge is 0.357 e. The third-order valence-electron chi connectivity index (χ3n) is 4.43. The first-order chi connectivity index (χ1) is 9.74. The molecule has 1 aliphatic carbocycles. The van der Waals surface area contributed by atoms with Crippen molar-refractivity contribution in [2.45, 2.75) is 38.6 Å². The number of hydrogen-bond donors (Lipinski definition) is 1. The average Bonchev–Trinajstić information content (AvgIpc) is 3.12. The van der Waals surface area contributed by atoms with Crippen LogP contribution in [0.25, 0.3) is 11.1 Å². The predicted molar refractivity (Wildman–Crippen MR) is 75.0 cm³/mol. The van der Waals surface area contributed by atoms with Crippen molar-refractivity contribution in [2.75, 3.05) is 0 Å². The minimum absolute atomic E-state index is 0.206. The molecule has 20 heavy (non-hydrogen) atoms. The van der Waals surface area contributed by atoms with Gasteiger partial charge in [0.05, 0.1) is 0 Å². The van der Waals surface area contributed by atoms with Crippen molar-refractivity contribution in [1.82, 2.24) is 9.78 Å². The van der Waals surface area contributed by atoms with Crippen LogP contribution in [0.1, 0.15) is 40.2 Å². The largest absolute Gasteiger partial charge is 0.476 e. The van der Waals surface area contributed by atoms with Crippen molar-refractivity contribution < 1.29 is 9.90 Å². The van der Waals surface area contributed by atoms with Crippen LogP contribution >= 0.6 is 0 Å². The molecule has 0 radical (unpaired) electrons. The number of aryl methyl sites for hydroxylation is 3. The average molecular weight is 268 g/mol. The molecule has 2 aromatic rings. The van der Waals surface area contributed by atoms with Gasteiger partial charge in [-0.15, -0.1) is 0 Å². The summed E-state index contributed by atoms with van der Waals surface area (Å²) in [5.74, 6) is -0.928. The monoisotopic (exact) mass is 268 g/mol. The Labute approximate surface area is 117 Å². The third-order valence-corrected chi connectivity index (χ3v) is 4.43. The fourth-order valence-corrected chi connectivity index (χ4v) is 3.51. The highest BCUT2D eigenvalue weighted by Gasteiger charge is 2.27. The molecule has 2 aliphatic rings. The molecule has 0 spiro atoms. The first-order valence-electron chi connectivity index (χ1n) is 7.19. The van der Waals surface area contributed by atoms with E-state index in [2.05, 4.69) is 23.3 Å². The third kappa shape index (κ3) is 1.60. The van der Waals surface area contributed by atoms with Gasteiger partial charge >= 0.3 is 5.97 Å². The van der Waals surface area contributed by atoms with E-state index in [0.717, 1.165) is 49.0 Å². The molecule has 4 nitrogen and oxygen atoms in total. The molecular formula is C16H16N2O2. The number of carbonyl (C=O) groups is 1. The molecule has 4 rings (SSSR count). The molecule has 4 heteroatoms. The summed E-state index contributed by atoms with van der Waals surface area (Å²) in [7, 11) is 0. The zero-order chi connectivity index (χ0) is 13.7. The van der Waals surface area contributed by atoms with Crippen LogP contribution in [0.5, 0.6) is 0 Å². The van der Waals surface area contributed by atoms with E-state index in [-0.39, 0.29) is 5.69 Å². The summed E-state index contributed by atoms with van der Waals surface area (Å²) in [6.07, 6.45) is 5.44. The molecule has 0 atom stereocenters. The van der Waals surface area contributed by atoms with Gasteiger partial charge in [0, 0.05) is 17.8 Å². The number of benzene rings is 1. The minimum atomic E-state index is -0.928. The van der Waals surface area contributed by atoms with Crippen LogP contribution in [0, 0.1) is 0 Å². The zero-order valence-corrected chi connectivity index (χ0v) is 11.2. The van der Waals surface area contributed by atoms with Gasteiger partial charge in [-0.05, 0) is 48.8 Å². The summed E-state index contributed by atoms with van der Waals surface area (Å²) < 4.78 is 1.87. The normalized spacial score (nSPS) is 16.2. The van der Waals surface area contributed by atoms with Gasteiger partial charge in [-0.1, -0.05) is 18.2 Å². The Morgan fingerprint density at radius 1 is 1.15 bits per heavy atom. The van der Waals surface area contributed by atoms with E-state index in [1.54, 1.807) is 0 Å². The van der Waals surface area contributed by atoms with Gasteiger partial charge in [-0.3, -0.25) is 4.68 Å². The van der Waals surface area contributed by atoms with Gasteiger partial charge in [0.1, 0.15) is 0 Å². The number of carboxylic acids is 1. The lowest BCUT2D eigenvalue weighted by Gasteiger charge is -2.06.